The summed E-state index contributed by atoms with van der Waals surface area (Å²) in [5.74, 6) is 0.940. The lowest BCUT2D eigenvalue weighted by atomic mass is 9.99. The maximum absolute atomic E-state index is 14.9. The van der Waals surface area contributed by atoms with Crippen LogP contribution in [-0.4, -0.2) is 76.3 Å². The lowest BCUT2D eigenvalue weighted by Gasteiger charge is -2.32. The number of morpholine rings is 2. The molecule has 1 aromatic heterocycles. The highest BCUT2D eigenvalue weighted by atomic mass is 19.4. The minimum Gasteiger partial charge on any atom is -0.378 e. The van der Waals surface area contributed by atoms with Crippen LogP contribution in [0.5, 0.6) is 0 Å². The molecule has 0 radical (unpaired) electrons. The molecule has 2 amide bonds. The number of carbonyl (C=O) groups excluding carboxylic acids is 1. The molecule has 8 nitrogen and oxygen atoms in total. The molecule has 1 aliphatic carbocycles. The first-order valence-corrected chi connectivity index (χ1v) is 13.2. The number of hydrogen-bond acceptors (Lipinski definition) is 6. The Morgan fingerprint density at radius 1 is 0.974 bits per heavy atom. The van der Waals surface area contributed by atoms with E-state index in [4.69, 9.17) is 14.5 Å². The molecular weight excluding hydrogens is 518 g/mol. The van der Waals surface area contributed by atoms with Crippen molar-refractivity contribution in [2.75, 3.05) is 74.3 Å². The molecule has 3 aliphatic rings. The van der Waals surface area contributed by atoms with Gasteiger partial charge < -0.3 is 29.9 Å². The standard InChI is InChI=1S/C27H33F4N5O3/c1-18-14-21(28)22(33-25(37)32-5-4-26(2-3-26)27(29,30)31)17-20(18)19-15-23(35-6-10-38-11-7-35)34-24(16-19)36-8-12-39-13-9-36/h14-17H,2-13H2,1H3,(H2,32,33,37). The molecule has 0 unspecified atom stereocenters. The summed E-state index contributed by atoms with van der Waals surface area (Å²) in [6.07, 6.45) is -4.34. The Balaban J connectivity index is 1.37. The molecule has 2 saturated heterocycles. The van der Waals surface area contributed by atoms with Crippen molar-refractivity contribution in [2.45, 2.75) is 32.4 Å². The van der Waals surface area contributed by atoms with Gasteiger partial charge in [-0.3, -0.25) is 0 Å². The van der Waals surface area contributed by atoms with Crippen LogP contribution in [0.15, 0.2) is 24.3 Å². The second kappa shape index (κ2) is 11.2. The molecule has 1 saturated carbocycles. The predicted octanol–water partition coefficient (Wildman–Crippen LogP) is 4.72. The summed E-state index contributed by atoms with van der Waals surface area (Å²) in [6, 6.07) is 6.05. The Morgan fingerprint density at radius 2 is 1.54 bits per heavy atom. The number of hydrogen-bond donors (Lipinski definition) is 2. The molecule has 0 atom stereocenters. The van der Waals surface area contributed by atoms with E-state index in [0.29, 0.717) is 63.7 Å². The topological polar surface area (TPSA) is 79.0 Å². The average molecular weight is 552 g/mol. The van der Waals surface area contributed by atoms with Crippen molar-refractivity contribution in [1.29, 1.82) is 0 Å². The zero-order chi connectivity index (χ0) is 27.6. The summed E-state index contributed by atoms with van der Waals surface area (Å²) in [5.41, 5.74) is 0.441. The molecule has 2 aromatic rings. The van der Waals surface area contributed by atoms with Crippen LogP contribution in [0.4, 0.5) is 39.7 Å². The Kier molecular flexibility index (Phi) is 7.86. The Hall–Kier alpha value is -3.12. The molecule has 1 aromatic carbocycles. The Morgan fingerprint density at radius 3 is 2.05 bits per heavy atom. The number of rotatable bonds is 7. The van der Waals surface area contributed by atoms with E-state index < -0.39 is 23.4 Å². The number of urea groups is 1. The third-order valence-corrected chi connectivity index (χ3v) is 7.69. The number of benzene rings is 1. The van der Waals surface area contributed by atoms with Gasteiger partial charge in [-0.2, -0.15) is 13.2 Å². The van der Waals surface area contributed by atoms with Gasteiger partial charge in [-0.1, -0.05) is 0 Å². The van der Waals surface area contributed by atoms with E-state index in [1.807, 2.05) is 12.1 Å². The van der Waals surface area contributed by atoms with Gasteiger partial charge in [0.1, 0.15) is 17.5 Å². The second-order valence-electron chi connectivity index (χ2n) is 10.3. The molecule has 212 valence electrons. The molecule has 0 spiro atoms. The number of carbonyl (C=O) groups is 1. The zero-order valence-corrected chi connectivity index (χ0v) is 21.9. The number of aromatic nitrogens is 1. The molecule has 5 rings (SSSR count). The van der Waals surface area contributed by atoms with Crippen molar-refractivity contribution >= 4 is 23.4 Å². The minimum atomic E-state index is -4.28. The molecule has 2 aliphatic heterocycles. The van der Waals surface area contributed by atoms with Crippen molar-refractivity contribution in [3.8, 4) is 11.1 Å². The van der Waals surface area contributed by atoms with Gasteiger partial charge in [0.2, 0.25) is 0 Å². The molecule has 2 N–H and O–H groups in total. The van der Waals surface area contributed by atoms with Gasteiger partial charge >= 0.3 is 12.2 Å². The fourth-order valence-corrected chi connectivity index (χ4v) is 5.05. The van der Waals surface area contributed by atoms with Gasteiger partial charge in [-0.15, -0.1) is 0 Å². The molecule has 12 heteroatoms. The highest BCUT2D eigenvalue weighted by Gasteiger charge is 2.62. The van der Waals surface area contributed by atoms with Crippen LogP contribution < -0.4 is 20.4 Å². The van der Waals surface area contributed by atoms with Gasteiger partial charge in [0.25, 0.3) is 0 Å². The third-order valence-electron chi connectivity index (χ3n) is 7.69. The zero-order valence-electron chi connectivity index (χ0n) is 21.9. The van der Waals surface area contributed by atoms with Crippen molar-refractivity contribution in [2.24, 2.45) is 5.41 Å². The first kappa shape index (κ1) is 27.4. The number of nitrogens with one attached hydrogen (secondary N) is 2. The van der Waals surface area contributed by atoms with Crippen molar-refractivity contribution in [1.82, 2.24) is 10.3 Å². The van der Waals surface area contributed by atoms with E-state index in [2.05, 4.69) is 20.4 Å². The number of halogens is 4. The highest BCUT2D eigenvalue weighted by Crippen LogP contribution is 2.59. The number of amides is 2. The summed E-state index contributed by atoms with van der Waals surface area (Å²) >= 11 is 0. The predicted molar refractivity (Wildman–Crippen MR) is 140 cm³/mol. The molecule has 3 heterocycles. The Bertz CT molecular complexity index is 1160. The van der Waals surface area contributed by atoms with E-state index in [1.54, 1.807) is 13.0 Å². The van der Waals surface area contributed by atoms with Crippen LogP contribution in [0.1, 0.15) is 24.8 Å². The Labute approximate surface area is 224 Å². The third kappa shape index (κ3) is 6.22. The number of anilines is 3. The van der Waals surface area contributed by atoms with Gasteiger partial charge in [0, 0.05) is 32.7 Å². The van der Waals surface area contributed by atoms with Gasteiger partial charge in [-0.25, -0.2) is 14.2 Å². The van der Waals surface area contributed by atoms with Gasteiger partial charge in [0.15, 0.2) is 0 Å². The van der Waals surface area contributed by atoms with Crippen molar-refractivity contribution < 1.29 is 31.8 Å². The number of nitrogens with zero attached hydrogens (tertiary/aromatic N) is 3. The van der Waals surface area contributed by atoms with E-state index in [9.17, 15) is 22.4 Å². The van der Waals surface area contributed by atoms with Crippen LogP contribution in [0, 0.1) is 18.2 Å². The largest absolute Gasteiger partial charge is 0.394 e. The number of ether oxygens (including phenoxy) is 2. The van der Waals surface area contributed by atoms with Crippen molar-refractivity contribution in [3.05, 3.63) is 35.6 Å². The van der Waals surface area contributed by atoms with Crippen LogP contribution >= 0.6 is 0 Å². The minimum absolute atomic E-state index is 0.0530. The fourth-order valence-electron chi connectivity index (χ4n) is 5.05. The summed E-state index contributed by atoms with van der Waals surface area (Å²) < 4.78 is 65.3. The quantitative estimate of drug-likeness (QED) is 0.485. The lowest BCUT2D eigenvalue weighted by molar-refractivity contribution is -0.188. The number of aryl methyl sites for hydroxylation is 1. The molecule has 39 heavy (non-hydrogen) atoms. The summed E-state index contributed by atoms with van der Waals surface area (Å²) in [6.45, 7) is 6.83. The van der Waals surface area contributed by atoms with Crippen LogP contribution in [0.25, 0.3) is 11.1 Å². The smallest absolute Gasteiger partial charge is 0.378 e. The van der Waals surface area contributed by atoms with Gasteiger partial charge in [-0.05, 0) is 67.1 Å². The maximum Gasteiger partial charge on any atom is 0.394 e. The highest BCUT2D eigenvalue weighted by molar-refractivity contribution is 5.91. The van der Waals surface area contributed by atoms with Crippen molar-refractivity contribution in [3.63, 3.8) is 0 Å². The molecule has 3 fully saturated rings. The van der Waals surface area contributed by atoms with Crippen LogP contribution in [0.2, 0.25) is 0 Å². The van der Waals surface area contributed by atoms with Gasteiger partial charge in [0.05, 0.1) is 37.5 Å². The summed E-state index contributed by atoms with van der Waals surface area (Å²) in [5, 5.41) is 4.91. The first-order valence-electron chi connectivity index (χ1n) is 13.2. The maximum atomic E-state index is 14.9. The SMILES string of the molecule is Cc1cc(F)c(NC(=O)NCCC2(C(F)(F)F)CC2)cc1-c1cc(N2CCOCC2)nc(N2CCOCC2)c1. The van der Waals surface area contributed by atoms with E-state index in [0.717, 1.165) is 17.2 Å². The lowest BCUT2D eigenvalue weighted by Crippen LogP contribution is -2.39. The van der Waals surface area contributed by atoms with E-state index in [1.165, 1.54) is 6.07 Å². The monoisotopic (exact) mass is 551 g/mol. The number of alkyl halides is 3. The van der Waals surface area contributed by atoms with E-state index >= 15 is 0 Å². The average Bonchev–Trinajstić information content (AvgIpc) is 3.72. The molecular formula is C27H33F4N5O3. The molecule has 0 bridgehead atoms. The van der Waals surface area contributed by atoms with E-state index in [-0.39, 0.29) is 31.5 Å². The van der Waals surface area contributed by atoms with Crippen LogP contribution in [0.3, 0.4) is 0 Å². The normalized spacial score (nSPS) is 19.1. The number of pyridine rings is 1. The summed E-state index contributed by atoms with van der Waals surface area (Å²) in [4.78, 5) is 21.7. The summed E-state index contributed by atoms with van der Waals surface area (Å²) in [7, 11) is 0. The second-order valence-corrected chi connectivity index (χ2v) is 10.3. The fraction of sp³-hybridized carbons (Fsp3) is 0.556. The van der Waals surface area contributed by atoms with Crippen LogP contribution in [-0.2, 0) is 9.47 Å². The first-order chi connectivity index (χ1) is 18.6.